The molecule has 1 spiro atoms. The van der Waals surface area contributed by atoms with Gasteiger partial charge in [-0.2, -0.15) is 13.2 Å². The fourth-order valence-electron chi connectivity index (χ4n) is 3.15. The van der Waals surface area contributed by atoms with E-state index in [1.165, 1.54) is 4.90 Å². The van der Waals surface area contributed by atoms with E-state index in [9.17, 15) is 28.2 Å². The molecule has 0 aromatic heterocycles. The molecule has 2 fully saturated rings. The molecule has 1 amide bonds. The second-order valence-corrected chi connectivity index (χ2v) is 6.54. The van der Waals surface area contributed by atoms with E-state index in [0.717, 1.165) is 0 Å². The molecule has 2 atom stereocenters. The number of carbonyl (C=O) groups excluding carboxylic acids is 1. The molecule has 2 aliphatic heterocycles. The maximum Gasteiger partial charge on any atom is 0.389 e. The van der Waals surface area contributed by atoms with Gasteiger partial charge in [0.25, 0.3) is 0 Å². The third-order valence-electron chi connectivity index (χ3n) is 4.60. The third kappa shape index (κ3) is 4.11. The summed E-state index contributed by atoms with van der Waals surface area (Å²) in [7, 11) is 0. The molecular formula is C14H22F3NO4. The van der Waals surface area contributed by atoms with Crippen LogP contribution in [0.5, 0.6) is 0 Å². The summed E-state index contributed by atoms with van der Waals surface area (Å²) in [5.41, 5.74) is -1.86. The third-order valence-corrected chi connectivity index (χ3v) is 4.60. The Morgan fingerprint density at radius 2 is 1.95 bits per heavy atom. The summed E-state index contributed by atoms with van der Waals surface area (Å²) in [6.07, 6.45) is -5.76. The number of likely N-dealkylation sites (tertiary alicyclic amines) is 1. The number of carbonyl (C=O) groups is 1. The van der Waals surface area contributed by atoms with Crippen molar-refractivity contribution in [1.82, 2.24) is 4.90 Å². The van der Waals surface area contributed by atoms with Gasteiger partial charge in [-0.05, 0) is 19.8 Å². The predicted molar refractivity (Wildman–Crippen MR) is 71.0 cm³/mol. The molecule has 2 N–H and O–H groups in total. The van der Waals surface area contributed by atoms with Crippen LogP contribution in [-0.4, -0.2) is 64.2 Å². The monoisotopic (exact) mass is 325 g/mol. The van der Waals surface area contributed by atoms with Gasteiger partial charge < -0.3 is 19.8 Å². The molecule has 2 saturated heterocycles. The highest BCUT2D eigenvalue weighted by Crippen LogP contribution is 2.39. The van der Waals surface area contributed by atoms with Crippen LogP contribution >= 0.6 is 0 Å². The minimum absolute atomic E-state index is 0.0228. The molecule has 0 aromatic rings. The number of rotatable bonds is 2. The Hall–Kier alpha value is -0.860. The molecule has 0 unspecified atom stereocenters. The molecule has 2 aliphatic rings. The van der Waals surface area contributed by atoms with Crippen molar-refractivity contribution in [2.75, 3.05) is 19.7 Å². The molecule has 22 heavy (non-hydrogen) atoms. The standard InChI is InChI=1S/C14H22F3NO4/c1-12(21)9-13(22-8-10(12)19)4-6-18(7-5-13)11(20)2-3-14(15,16)17/h10,19,21H,2-9H2,1H3/t10-,12-/m0/s1. The van der Waals surface area contributed by atoms with Crippen LogP contribution in [0.1, 0.15) is 39.0 Å². The van der Waals surface area contributed by atoms with Crippen LogP contribution in [0, 0.1) is 0 Å². The average molecular weight is 325 g/mol. The van der Waals surface area contributed by atoms with Crippen LogP contribution < -0.4 is 0 Å². The van der Waals surface area contributed by atoms with Crippen molar-refractivity contribution in [3.8, 4) is 0 Å². The van der Waals surface area contributed by atoms with Crippen molar-refractivity contribution in [3.05, 3.63) is 0 Å². The van der Waals surface area contributed by atoms with E-state index in [1.54, 1.807) is 6.92 Å². The molecule has 0 saturated carbocycles. The van der Waals surface area contributed by atoms with E-state index in [4.69, 9.17) is 4.74 Å². The Bertz CT molecular complexity index is 417. The summed E-state index contributed by atoms with van der Waals surface area (Å²) in [4.78, 5) is 13.2. The summed E-state index contributed by atoms with van der Waals surface area (Å²) in [5.74, 6) is -0.505. The van der Waals surface area contributed by atoms with E-state index in [2.05, 4.69) is 0 Å². The number of halogens is 3. The molecule has 2 heterocycles. The molecule has 5 nitrogen and oxygen atoms in total. The lowest BCUT2D eigenvalue weighted by atomic mass is 9.76. The zero-order valence-corrected chi connectivity index (χ0v) is 12.5. The van der Waals surface area contributed by atoms with Gasteiger partial charge in [0.05, 0.1) is 24.2 Å². The largest absolute Gasteiger partial charge is 0.389 e. The summed E-state index contributed by atoms with van der Waals surface area (Å²) in [6.45, 7) is 2.18. The first-order valence-electron chi connectivity index (χ1n) is 7.42. The highest BCUT2D eigenvalue weighted by Gasteiger charge is 2.49. The first-order valence-corrected chi connectivity index (χ1v) is 7.42. The molecule has 2 rings (SSSR count). The van der Waals surface area contributed by atoms with Crippen LogP contribution in [0.4, 0.5) is 13.2 Å². The van der Waals surface area contributed by atoms with Gasteiger partial charge in [0.2, 0.25) is 5.91 Å². The first-order chi connectivity index (χ1) is 10.0. The van der Waals surface area contributed by atoms with Crippen LogP contribution in [-0.2, 0) is 9.53 Å². The van der Waals surface area contributed by atoms with Crippen LogP contribution in [0.15, 0.2) is 0 Å². The summed E-state index contributed by atoms with van der Waals surface area (Å²) >= 11 is 0. The molecule has 0 aromatic carbocycles. The Labute approximate surface area is 127 Å². The number of aliphatic hydroxyl groups excluding tert-OH is 1. The SMILES string of the molecule is C[C@]1(O)CC2(CCN(C(=O)CCC(F)(F)F)CC2)OC[C@@H]1O. The van der Waals surface area contributed by atoms with Gasteiger partial charge in [0.1, 0.15) is 6.10 Å². The Balaban J connectivity index is 1.86. The number of amides is 1. The number of ether oxygens (including phenoxy) is 1. The Morgan fingerprint density at radius 1 is 1.36 bits per heavy atom. The van der Waals surface area contributed by atoms with Crippen LogP contribution in [0.3, 0.4) is 0 Å². The fraction of sp³-hybridized carbons (Fsp3) is 0.929. The maximum atomic E-state index is 12.1. The summed E-state index contributed by atoms with van der Waals surface area (Å²) < 4.78 is 42.1. The number of nitrogens with zero attached hydrogens (tertiary/aromatic N) is 1. The Morgan fingerprint density at radius 3 is 2.45 bits per heavy atom. The zero-order chi connectivity index (χ0) is 16.6. The van der Waals surface area contributed by atoms with E-state index in [-0.39, 0.29) is 13.0 Å². The number of alkyl halides is 3. The maximum absolute atomic E-state index is 12.1. The average Bonchev–Trinajstić information content (AvgIpc) is 2.40. The summed E-state index contributed by atoms with van der Waals surface area (Å²) in [5, 5.41) is 19.9. The molecule has 8 heteroatoms. The van der Waals surface area contributed by atoms with Crippen molar-refractivity contribution in [2.24, 2.45) is 0 Å². The van der Waals surface area contributed by atoms with E-state index >= 15 is 0 Å². The number of hydrogen-bond acceptors (Lipinski definition) is 4. The lowest BCUT2D eigenvalue weighted by molar-refractivity contribution is -0.223. The predicted octanol–water partition coefficient (Wildman–Crippen LogP) is 1.22. The van der Waals surface area contributed by atoms with Crippen molar-refractivity contribution < 1.29 is 32.9 Å². The van der Waals surface area contributed by atoms with Gasteiger partial charge >= 0.3 is 6.18 Å². The lowest BCUT2D eigenvalue weighted by Crippen LogP contribution is -2.59. The number of aliphatic hydroxyl groups is 2. The normalized spacial score (nSPS) is 32.3. The molecule has 128 valence electrons. The van der Waals surface area contributed by atoms with Crippen molar-refractivity contribution in [1.29, 1.82) is 0 Å². The molecule has 0 bridgehead atoms. The number of hydrogen-bond donors (Lipinski definition) is 2. The van der Waals surface area contributed by atoms with Gasteiger partial charge in [-0.25, -0.2) is 0 Å². The van der Waals surface area contributed by atoms with Crippen LogP contribution in [0.25, 0.3) is 0 Å². The van der Waals surface area contributed by atoms with Gasteiger partial charge in [0.15, 0.2) is 0 Å². The smallest absolute Gasteiger partial charge is 0.388 e. The first kappa shape index (κ1) is 17.5. The molecule has 0 aliphatic carbocycles. The van der Waals surface area contributed by atoms with E-state index in [0.29, 0.717) is 25.9 Å². The van der Waals surface area contributed by atoms with Crippen LogP contribution in [0.2, 0.25) is 0 Å². The highest BCUT2D eigenvalue weighted by molar-refractivity contribution is 5.76. The number of piperidine rings is 1. The second kappa shape index (κ2) is 5.98. The second-order valence-electron chi connectivity index (χ2n) is 6.54. The van der Waals surface area contributed by atoms with E-state index < -0.39 is 42.2 Å². The van der Waals surface area contributed by atoms with Gasteiger partial charge in [-0.1, -0.05) is 0 Å². The fourth-order valence-corrected chi connectivity index (χ4v) is 3.15. The minimum atomic E-state index is -4.33. The Kier molecular flexibility index (Phi) is 4.75. The molecule has 0 radical (unpaired) electrons. The zero-order valence-electron chi connectivity index (χ0n) is 12.5. The highest BCUT2D eigenvalue weighted by atomic mass is 19.4. The van der Waals surface area contributed by atoms with Crippen molar-refractivity contribution in [3.63, 3.8) is 0 Å². The topological polar surface area (TPSA) is 70.0 Å². The van der Waals surface area contributed by atoms with E-state index in [1.807, 2.05) is 0 Å². The van der Waals surface area contributed by atoms with Gasteiger partial charge in [-0.3, -0.25) is 4.79 Å². The van der Waals surface area contributed by atoms with Crippen molar-refractivity contribution >= 4 is 5.91 Å². The van der Waals surface area contributed by atoms with Crippen molar-refractivity contribution in [2.45, 2.75) is 62.5 Å². The quantitative estimate of drug-likeness (QED) is 0.801. The van der Waals surface area contributed by atoms with Gasteiger partial charge in [0, 0.05) is 25.9 Å². The summed E-state index contributed by atoms with van der Waals surface area (Å²) in [6, 6.07) is 0. The minimum Gasteiger partial charge on any atom is -0.388 e. The van der Waals surface area contributed by atoms with Gasteiger partial charge in [-0.15, -0.1) is 0 Å². The lowest BCUT2D eigenvalue weighted by Gasteiger charge is -2.49. The molecular weight excluding hydrogens is 303 g/mol.